The number of piperidine rings is 1. The van der Waals surface area contributed by atoms with Crippen LogP contribution < -0.4 is 5.32 Å². The van der Waals surface area contributed by atoms with Gasteiger partial charge in [-0.25, -0.2) is 0 Å². The minimum Gasteiger partial charge on any atom is -0.367 e. The Morgan fingerprint density at radius 1 is 1.23 bits per heavy atom. The number of halogens is 1. The van der Waals surface area contributed by atoms with Crippen LogP contribution in [0.25, 0.3) is 0 Å². The van der Waals surface area contributed by atoms with Crippen LogP contribution in [0.2, 0.25) is 0 Å². The Kier molecular flexibility index (Phi) is 5.84. The third-order valence-electron chi connectivity index (χ3n) is 5.03. The molecule has 0 aromatic heterocycles. The molecule has 22 heavy (non-hydrogen) atoms. The number of likely N-dealkylation sites (tertiary alicyclic amines) is 1. The van der Waals surface area contributed by atoms with Gasteiger partial charge in [-0.05, 0) is 36.8 Å². The number of benzene rings is 1. The van der Waals surface area contributed by atoms with Crippen molar-refractivity contribution in [3.05, 3.63) is 35.9 Å². The maximum absolute atomic E-state index is 12.7. The lowest BCUT2D eigenvalue weighted by Crippen LogP contribution is -2.45. The monoisotopic (exact) mass is 324 g/mol. The molecular formula is C17H25ClN2O2. The van der Waals surface area contributed by atoms with Crippen molar-refractivity contribution in [2.45, 2.75) is 25.4 Å². The first-order valence-electron chi connectivity index (χ1n) is 7.81. The molecule has 2 aliphatic rings. The molecule has 1 spiro atoms. The molecule has 0 bridgehead atoms. The standard InChI is InChI=1S/C17H24N2O2.ClH/c1-21-15(14-5-3-2-4-6-14)16(20)19-11-8-17(9-12-19)7-10-18-13-17;/h2-6,15,18H,7-13H2,1H3;1H. The molecular weight excluding hydrogens is 300 g/mol. The van der Waals surface area contributed by atoms with E-state index < -0.39 is 6.10 Å². The number of ether oxygens (including phenoxy) is 1. The third kappa shape index (κ3) is 3.45. The van der Waals surface area contributed by atoms with Crippen molar-refractivity contribution in [2.75, 3.05) is 33.3 Å². The number of rotatable bonds is 3. The van der Waals surface area contributed by atoms with E-state index in [0.717, 1.165) is 44.6 Å². The zero-order valence-corrected chi connectivity index (χ0v) is 13.9. The highest BCUT2D eigenvalue weighted by Crippen LogP contribution is 2.37. The summed E-state index contributed by atoms with van der Waals surface area (Å²) in [6, 6.07) is 9.77. The number of hydrogen-bond donors (Lipinski definition) is 1. The summed E-state index contributed by atoms with van der Waals surface area (Å²) in [5.41, 5.74) is 1.37. The summed E-state index contributed by atoms with van der Waals surface area (Å²) in [5.74, 6) is 0.101. The first-order chi connectivity index (χ1) is 10.2. The molecule has 122 valence electrons. The van der Waals surface area contributed by atoms with Crippen LogP contribution in [0.5, 0.6) is 0 Å². The lowest BCUT2D eigenvalue weighted by molar-refractivity contribution is -0.144. The fourth-order valence-corrected chi connectivity index (χ4v) is 3.60. The summed E-state index contributed by atoms with van der Waals surface area (Å²) < 4.78 is 5.46. The number of methoxy groups -OCH3 is 1. The maximum atomic E-state index is 12.7. The van der Waals surface area contributed by atoms with Gasteiger partial charge in [0.15, 0.2) is 6.10 Å². The van der Waals surface area contributed by atoms with Gasteiger partial charge in [-0.15, -0.1) is 12.4 Å². The van der Waals surface area contributed by atoms with E-state index in [-0.39, 0.29) is 18.3 Å². The Balaban J connectivity index is 0.00000176. The van der Waals surface area contributed by atoms with Gasteiger partial charge in [0.2, 0.25) is 0 Å². The van der Waals surface area contributed by atoms with Crippen molar-refractivity contribution in [3.63, 3.8) is 0 Å². The molecule has 1 aromatic rings. The van der Waals surface area contributed by atoms with Gasteiger partial charge in [-0.2, -0.15) is 0 Å². The van der Waals surface area contributed by atoms with E-state index in [1.54, 1.807) is 7.11 Å². The van der Waals surface area contributed by atoms with Crippen LogP contribution in [-0.2, 0) is 9.53 Å². The molecule has 1 N–H and O–H groups in total. The second-order valence-corrected chi connectivity index (χ2v) is 6.28. The summed E-state index contributed by atoms with van der Waals surface area (Å²) in [6.45, 7) is 3.94. The van der Waals surface area contributed by atoms with Crippen molar-refractivity contribution in [2.24, 2.45) is 5.41 Å². The van der Waals surface area contributed by atoms with Crippen molar-refractivity contribution >= 4 is 18.3 Å². The molecule has 2 heterocycles. The van der Waals surface area contributed by atoms with Crippen LogP contribution in [0.1, 0.15) is 30.9 Å². The van der Waals surface area contributed by atoms with Gasteiger partial charge in [-0.1, -0.05) is 30.3 Å². The zero-order valence-electron chi connectivity index (χ0n) is 13.1. The molecule has 1 amide bonds. The van der Waals surface area contributed by atoms with Crippen molar-refractivity contribution in [1.82, 2.24) is 10.2 Å². The van der Waals surface area contributed by atoms with Crippen molar-refractivity contribution < 1.29 is 9.53 Å². The van der Waals surface area contributed by atoms with Gasteiger partial charge in [0, 0.05) is 26.7 Å². The minimum absolute atomic E-state index is 0. The molecule has 1 unspecified atom stereocenters. The Hall–Kier alpha value is -1.10. The highest BCUT2D eigenvalue weighted by molar-refractivity contribution is 5.85. The molecule has 1 aromatic carbocycles. The highest BCUT2D eigenvalue weighted by Gasteiger charge is 2.39. The summed E-state index contributed by atoms with van der Waals surface area (Å²) in [5, 5.41) is 3.46. The number of nitrogens with zero attached hydrogens (tertiary/aromatic N) is 1. The topological polar surface area (TPSA) is 41.6 Å². The Morgan fingerprint density at radius 3 is 2.45 bits per heavy atom. The number of hydrogen-bond acceptors (Lipinski definition) is 3. The first kappa shape index (κ1) is 17.3. The molecule has 0 saturated carbocycles. The van der Waals surface area contributed by atoms with E-state index in [1.807, 2.05) is 35.2 Å². The van der Waals surface area contributed by atoms with Crippen molar-refractivity contribution in [1.29, 1.82) is 0 Å². The van der Waals surface area contributed by atoms with E-state index in [0.29, 0.717) is 5.41 Å². The average Bonchev–Trinajstić information content (AvgIpc) is 2.98. The number of amides is 1. The van der Waals surface area contributed by atoms with Crippen molar-refractivity contribution in [3.8, 4) is 0 Å². The molecule has 3 rings (SSSR count). The Morgan fingerprint density at radius 2 is 1.91 bits per heavy atom. The van der Waals surface area contributed by atoms with E-state index in [1.165, 1.54) is 6.42 Å². The predicted octanol–water partition coefficient (Wildman–Crippen LogP) is 2.40. The van der Waals surface area contributed by atoms with Gasteiger partial charge < -0.3 is 15.0 Å². The molecule has 2 fully saturated rings. The van der Waals surface area contributed by atoms with Crippen LogP contribution >= 0.6 is 12.4 Å². The predicted molar refractivity (Wildman–Crippen MR) is 89.2 cm³/mol. The smallest absolute Gasteiger partial charge is 0.256 e. The number of carbonyl (C=O) groups is 1. The normalized spacial score (nSPS) is 21.4. The molecule has 2 aliphatic heterocycles. The first-order valence-corrected chi connectivity index (χ1v) is 7.81. The average molecular weight is 325 g/mol. The van der Waals surface area contributed by atoms with E-state index in [2.05, 4.69) is 5.32 Å². The van der Waals surface area contributed by atoms with Crippen LogP contribution in [0, 0.1) is 5.41 Å². The second kappa shape index (κ2) is 7.44. The van der Waals surface area contributed by atoms with Crippen LogP contribution in [0.4, 0.5) is 0 Å². The molecule has 0 aliphatic carbocycles. The van der Waals surface area contributed by atoms with Gasteiger partial charge in [-0.3, -0.25) is 4.79 Å². The fraction of sp³-hybridized carbons (Fsp3) is 0.588. The molecule has 1 atom stereocenters. The molecule has 0 radical (unpaired) electrons. The Bertz CT molecular complexity index is 479. The number of carbonyl (C=O) groups excluding carboxylic acids is 1. The molecule has 4 nitrogen and oxygen atoms in total. The lowest BCUT2D eigenvalue weighted by atomic mass is 9.77. The largest absolute Gasteiger partial charge is 0.367 e. The van der Waals surface area contributed by atoms with Crippen LogP contribution in [0.15, 0.2) is 30.3 Å². The van der Waals surface area contributed by atoms with Gasteiger partial charge in [0.1, 0.15) is 0 Å². The lowest BCUT2D eigenvalue weighted by Gasteiger charge is -2.39. The molecule has 5 heteroatoms. The second-order valence-electron chi connectivity index (χ2n) is 6.28. The van der Waals surface area contributed by atoms with E-state index in [9.17, 15) is 4.79 Å². The van der Waals surface area contributed by atoms with Gasteiger partial charge >= 0.3 is 0 Å². The third-order valence-corrected chi connectivity index (χ3v) is 5.03. The summed E-state index contributed by atoms with van der Waals surface area (Å²) >= 11 is 0. The van der Waals surface area contributed by atoms with E-state index >= 15 is 0 Å². The minimum atomic E-state index is -0.470. The quantitative estimate of drug-likeness (QED) is 0.928. The zero-order chi connectivity index (χ0) is 14.7. The van der Waals surface area contributed by atoms with Crippen LogP contribution in [-0.4, -0.2) is 44.1 Å². The fourth-order valence-electron chi connectivity index (χ4n) is 3.60. The maximum Gasteiger partial charge on any atom is 0.256 e. The van der Waals surface area contributed by atoms with E-state index in [4.69, 9.17) is 4.74 Å². The van der Waals surface area contributed by atoms with Gasteiger partial charge in [0.05, 0.1) is 0 Å². The highest BCUT2D eigenvalue weighted by atomic mass is 35.5. The summed E-state index contributed by atoms with van der Waals surface area (Å²) in [7, 11) is 1.61. The van der Waals surface area contributed by atoms with Gasteiger partial charge in [0.25, 0.3) is 5.91 Å². The summed E-state index contributed by atoms with van der Waals surface area (Å²) in [4.78, 5) is 14.7. The Labute approximate surface area is 138 Å². The van der Waals surface area contributed by atoms with Crippen LogP contribution in [0.3, 0.4) is 0 Å². The molecule has 2 saturated heterocycles. The SMILES string of the molecule is COC(C(=O)N1CCC2(CCNC2)CC1)c1ccccc1.Cl. The summed E-state index contributed by atoms with van der Waals surface area (Å²) in [6.07, 6.45) is 3.00. The number of nitrogens with one attached hydrogen (secondary N) is 1.